The third-order valence-electron chi connectivity index (χ3n) is 3.33. The molecule has 2 aromatic rings. The van der Waals surface area contributed by atoms with Crippen molar-refractivity contribution in [2.75, 3.05) is 14.1 Å². The summed E-state index contributed by atoms with van der Waals surface area (Å²) in [6, 6.07) is 6.61. The van der Waals surface area contributed by atoms with Gasteiger partial charge in [0.25, 0.3) is 5.91 Å². The summed E-state index contributed by atoms with van der Waals surface area (Å²) in [4.78, 5) is 11.4. The fourth-order valence-corrected chi connectivity index (χ4v) is 3.19. The van der Waals surface area contributed by atoms with E-state index in [4.69, 9.17) is 4.42 Å². The van der Waals surface area contributed by atoms with Crippen LogP contribution in [0.1, 0.15) is 21.9 Å². The smallest absolute Gasteiger partial charge is 0.286 e. The van der Waals surface area contributed by atoms with Gasteiger partial charge in [0.15, 0.2) is 5.76 Å². The number of nitrogens with one attached hydrogen (secondary N) is 1. The second kappa shape index (κ2) is 6.51. The maximum atomic E-state index is 13.3. The summed E-state index contributed by atoms with van der Waals surface area (Å²) < 4.78 is 44.6. The molecule has 124 valence electrons. The van der Waals surface area contributed by atoms with Crippen LogP contribution in [0.2, 0.25) is 0 Å². The number of hydrogen-bond donors (Lipinski definition) is 1. The summed E-state index contributed by atoms with van der Waals surface area (Å²) in [5.41, 5.74) is 0.249. The summed E-state index contributed by atoms with van der Waals surface area (Å²) >= 11 is 0. The minimum atomic E-state index is -3.79. The quantitative estimate of drug-likeness (QED) is 0.902. The highest BCUT2D eigenvalue weighted by molar-refractivity contribution is 7.89. The number of rotatable bonds is 5. The first-order valence-corrected chi connectivity index (χ1v) is 8.23. The fourth-order valence-electron chi connectivity index (χ4n) is 1.97. The predicted molar refractivity (Wildman–Crippen MR) is 81.9 cm³/mol. The first kappa shape index (κ1) is 17.2. The lowest BCUT2D eigenvalue weighted by molar-refractivity contribution is 0.0933. The van der Waals surface area contributed by atoms with Crippen molar-refractivity contribution in [3.05, 3.63) is 53.2 Å². The molecule has 1 aromatic carbocycles. The van der Waals surface area contributed by atoms with Crippen LogP contribution in [0.5, 0.6) is 0 Å². The highest BCUT2D eigenvalue weighted by Gasteiger charge is 2.23. The molecule has 1 amide bonds. The maximum Gasteiger partial charge on any atom is 0.286 e. The van der Waals surface area contributed by atoms with Crippen molar-refractivity contribution in [2.24, 2.45) is 0 Å². The fraction of sp³-hybridized carbons (Fsp3) is 0.267. The van der Waals surface area contributed by atoms with Gasteiger partial charge in [-0.1, -0.05) is 0 Å². The number of halogens is 1. The van der Waals surface area contributed by atoms with Crippen LogP contribution in [0.3, 0.4) is 0 Å². The van der Waals surface area contributed by atoms with E-state index in [2.05, 4.69) is 5.32 Å². The van der Waals surface area contributed by atoms with E-state index in [1.165, 1.54) is 45.3 Å². The van der Waals surface area contributed by atoms with E-state index < -0.39 is 21.7 Å². The topological polar surface area (TPSA) is 79.6 Å². The minimum Gasteiger partial charge on any atom is -0.455 e. The van der Waals surface area contributed by atoms with Crippen LogP contribution in [0.15, 0.2) is 39.6 Å². The second-order valence-electron chi connectivity index (χ2n) is 5.02. The van der Waals surface area contributed by atoms with Crippen molar-refractivity contribution in [3.63, 3.8) is 0 Å². The highest BCUT2D eigenvalue weighted by atomic mass is 32.2. The number of nitrogens with zero attached hydrogens (tertiary/aromatic N) is 1. The van der Waals surface area contributed by atoms with E-state index in [-0.39, 0.29) is 22.8 Å². The van der Waals surface area contributed by atoms with Crippen LogP contribution in [0.4, 0.5) is 4.39 Å². The van der Waals surface area contributed by atoms with Crippen LogP contribution in [0, 0.1) is 12.7 Å². The van der Waals surface area contributed by atoms with E-state index in [1.54, 1.807) is 0 Å². The molecule has 0 radical (unpaired) electrons. The van der Waals surface area contributed by atoms with Crippen molar-refractivity contribution < 1.29 is 22.0 Å². The molecule has 2 rings (SSSR count). The van der Waals surface area contributed by atoms with Crippen molar-refractivity contribution in [1.29, 1.82) is 0 Å². The first-order valence-electron chi connectivity index (χ1n) is 6.79. The normalized spacial score (nSPS) is 11.7. The first-order chi connectivity index (χ1) is 10.8. The van der Waals surface area contributed by atoms with E-state index >= 15 is 0 Å². The molecular formula is C15H17FN2O4S. The molecule has 0 aliphatic rings. The molecule has 6 nitrogen and oxygen atoms in total. The Balaban J connectivity index is 2.21. The summed E-state index contributed by atoms with van der Waals surface area (Å²) in [6.07, 6.45) is 0. The molecule has 0 spiro atoms. The Labute approximate surface area is 134 Å². The third-order valence-corrected chi connectivity index (χ3v) is 5.13. The molecule has 0 fully saturated rings. The van der Waals surface area contributed by atoms with Gasteiger partial charge in [0, 0.05) is 14.1 Å². The molecule has 0 unspecified atom stereocenters. The Morgan fingerprint density at radius 3 is 2.61 bits per heavy atom. The van der Waals surface area contributed by atoms with E-state index in [1.807, 2.05) is 0 Å². The van der Waals surface area contributed by atoms with Crippen LogP contribution >= 0.6 is 0 Å². The molecular weight excluding hydrogens is 323 g/mol. The predicted octanol–water partition coefficient (Wildman–Crippen LogP) is 1.91. The minimum absolute atomic E-state index is 0.00280. The zero-order chi connectivity index (χ0) is 17.2. The molecule has 0 aliphatic heterocycles. The number of carbonyl (C=O) groups excluding carboxylic acids is 1. The molecule has 8 heteroatoms. The molecule has 0 saturated carbocycles. The summed E-state index contributed by atoms with van der Waals surface area (Å²) in [7, 11) is -0.932. The van der Waals surface area contributed by atoms with E-state index in [0.29, 0.717) is 5.76 Å². The lowest BCUT2D eigenvalue weighted by Crippen LogP contribution is -2.26. The zero-order valence-corrected chi connectivity index (χ0v) is 13.8. The molecule has 0 atom stereocenters. The molecule has 0 aliphatic carbocycles. The zero-order valence-electron chi connectivity index (χ0n) is 13.0. The summed E-state index contributed by atoms with van der Waals surface area (Å²) in [5.74, 6) is -0.428. The molecule has 1 heterocycles. The number of carbonyl (C=O) groups is 1. The average Bonchev–Trinajstić information content (AvgIpc) is 2.97. The number of sulfonamides is 1. The van der Waals surface area contributed by atoms with Crippen molar-refractivity contribution in [3.8, 4) is 0 Å². The molecule has 0 saturated heterocycles. The Bertz CT molecular complexity index is 830. The van der Waals surface area contributed by atoms with Crippen LogP contribution in [-0.4, -0.2) is 32.7 Å². The number of benzene rings is 1. The van der Waals surface area contributed by atoms with Gasteiger partial charge in [0.2, 0.25) is 10.0 Å². The van der Waals surface area contributed by atoms with Gasteiger partial charge in [-0.05, 0) is 42.8 Å². The van der Waals surface area contributed by atoms with Crippen LogP contribution in [0.25, 0.3) is 0 Å². The number of aryl methyl sites for hydroxylation is 1. The molecule has 23 heavy (non-hydrogen) atoms. The van der Waals surface area contributed by atoms with Gasteiger partial charge in [-0.3, -0.25) is 4.79 Å². The second-order valence-corrected chi connectivity index (χ2v) is 7.06. The lowest BCUT2D eigenvalue weighted by Gasteiger charge is -2.16. The van der Waals surface area contributed by atoms with E-state index in [9.17, 15) is 17.6 Å². The van der Waals surface area contributed by atoms with Gasteiger partial charge in [-0.15, -0.1) is 0 Å². The van der Waals surface area contributed by atoms with Crippen LogP contribution in [-0.2, 0) is 16.6 Å². The Hall–Kier alpha value is -2.19. The third kappa shape index (κ3) is 3.59. The van der Waals surface area contributed by atoms with Gasteiger partial charge >= 0.3 is 0 Å². The van der Waals surface area contributed by atoms with Crippen molar-refractivity contribution in [2.45, 2.75) is 18.4 Å². The van der Waals surface area contributed by atoms with Gasteiger partial charge in [0.05, 0.1) is 11.4 Å². The molecule has 0 bridgehead atoms. The number of furan rings is 1. The number of hydrogen-bond acceptors (Lipinski definition) is 4. The average molecular weight is 340 g/mol. The summed E-state index contributed by atoms with van der Waals surface area (Å²) in [5, 5.41) is 2.42. The monoisotopic (exact) mass is 340 g/mol. The Morgan fingerprint density at radius 2 is 2.00 bits per heavy atom. The SMILES string of the molecule is CNC(=O)c1ccc(CN(C)S(=O)(=O)c2ccc(F)c(C)c2)o1. The molecule has 1 N–H and O–H groups in total. The van der Waals surface area contributed by atoms with Crippen molar-refractivity contribution in [1.82, 2.24) is 9.62 Å². The lowest BCUT2D eigenvalue weighted by atomic mass is 10.2. The Morgan fingerprint density at radius 1 is 1.30 bits per heavy atom. The van der Waals surface area contributed by atoms with Gasteiger partial charge in [-0.25, -0.2) is 12.8 Å². The number of amides is 1. The summed E-state index contributed by atoms with van der Waals surface area (Å²) in [6.45, 7) is 1.45. The van der Waals surface area contributed by atoms with Gasteiger partial charge < -0.3 is 9.73 Å². The van der Waals surface area contributed by atoms with Gasteiger partial charge in [-0.2, -0.15) is 4.31 Å². The Kier molecular flexibility index (Phi) is 4.86. The largest absolute Gasteiger partial charge is 0.455 e. The van der Waals surface area contributed by atoms with E-state index in [0.717, 1.165) is 10.4 Å². The van der Waals surface area contributed by atoms with Gasteiger partial charge in [0.1, 0.15) is 11.6 Å². The maximum absolute atomic E-state index is 13.3. The highest BCUT2D eigenvalue weighted by Crippen LogP contribution is 2.20. The van der Waals surface area contributed by atoms with Crippen LogP contribution < -0.4 is 5.32 Å². The van der Waals surface area contributed by atoms with Crippen molar-refractivity contribution >= 4 is 15.9 Å². The standard InChI is InChI=1S/C15H17FN2O4S/c1-10-8-12(5-6-13(10)16)23(20,21)18(3)9-11-4-7-14(22-11)15(19)17-2/h4-8H,9H2,1-3H3,(H,17,19). The molecule has 1 aromatic heterocycles.